The van der Waals surface area contributed by atoms with Crippen LogP contribution >= 0.6 is 0 Å². The van der Waals surface area contributed by atoms with E-state index in [1.54, 1.807) is 10.9 Å². The molecule has 20 heavy (non-hydrogen) atoms. The molecule has 0 aliphatic heterocycles. The SMILES string of the molecule is CN(C)CC(C)(C)CNc1nc(N)c2cnn(C)c2n1. The molecule has 2 rings (SSSR count). The summed E-state index contributed by atoms with van der Waals surface area (Å²) >= 11 is 0. The summed E-state index contributed by atoms with van der Waals surface area (Å²) in [7, 11) is 5.98. The molecule has 0 bridgehead atoms. The van der Waals surface area contributed by atoms with Crippen LogP contribution in [0.15, 0.2) is 6.20 Å². The van der Waals surface area contributed by atoms with E-state index in [0.717, 1.165) is 24.1 Å². The Balaban J connectivity index is 2.16. The molecule has 0 aliphatic rings. The molecule has 2 aromatic rings. The van der Waals surface area contributed by atoms with Gasteiger partial charge in [-0.05, 0) is 19.5 Å². The molecule has 0 saturated carbocycles. The highest BCUT2D eigenvalue weighted by Gasteiger charge is 2.19. The molecular formula is C13H23N7. The second kappa shape index (κ2) is 5.24. The van der Waals surface area contributed by atoms with Gasteiger partial charge in [-0.2, -0.15) is 15.1 Å². The second-order valence-corrected chi connectivity index (χ2v) is 6.19. The van der Waals surface area contributed by atoms with E-state index in [1.807, 2.05) is 7.05 Å². The number of nitrogen functional groups attached to an aromatic ring is 1. The first kappa shape index (κ1) is 14.5. The van der Waals surface area contributed by atoms with Gasteiger partial charge < -0.3 is 16.0 Å². The van der Waals surface area contributed by atoms with Gasteiger partial charge in [-0.3, -0.25) is 4.68 Å². The Morgan fingerprint density at radius 3 is 2.70 bits per heavy atom. The second-order valence-electron chi connectivity index (χ2n) is 6.19. The molecule has 0 saturated heterocycles. The van der Waals surface area contributed by atoms with Gasteiger partial charge >= 0.3 is 0 Å². The molecule has 3 N–H and O–H groups in total. The van der Waals surface area contributed by atoms with Crippen LogP contribution in [-0.2, 0) is 7.05 Å². The van der Waals surface area contributed by atoms with E-state index in [1.165, 1.54) is 0 Å². The smallest absolute Gasteiger partial charge is 0.226 e. The Morgan fingerprint density at radius 1 is 1.35 bits per heavy atom. The van der Waals surface area contributed by atoms with Gasteiger partial charge in [0, 0.05) is 20.1 Å². The lowest BCUT2D eigenvalue weighted by Gasteiger charge is -2.28. The van der Waals surface area contributed by atoms with Crippen molar-refractivity contribution >= 4 is 22.8 Å². The van der Waals surface area contributed by atoms with Crippen LogP contribution in [0.2, 0.25) is 0 Å². The number of fused-ring (bicyclic) bond motifs is 1. The molecule has 0 amide bonds. The van der Waals surface area contributed by atoms with Crippen molar-refractivity contribution in [3.8, 4) is 0 Å². The number of rotatable bonds is 5. The molecule has 110 valence electrons. The van der Waals surface area contributed by atoms with Crippen LogP contribution in [0, 0.1) is 5.41 Å². The van der Waals surface area contributed by atoms with Crippen molar-refractivity contribution in [2.75, 3.05) is 38.2 Å². The summed E-state index contributed by atoms with van der Waals surface area (Å²) in [6, 6.07) is 0. The lowest BCUT2D eigenvalue weighted by atomic mass is 9.93. The summed E-state index contributed by atoms with van der Waals surface area (Å²) in [5.41, 5.74) is 6.79. The lowest BCUT2D eigenvalue weighted by molar-refractivity contribution is 0.254. The van der Waals surface area contributed by atoms with Crippen LogP contribution in [0.4, 0.5) is 11.8 Å². The number of aromatic nitrogens is 4. The van der Waals surface area contributed by atoms with E-state index < -0.39 is 0 Å². The third kappa shape index (κ3) is 3.16. The van der Waals surface area contributed by atoms with Crippen molar-refractivity contribution in [1.82, 2.24) is 24.6 Å². The highest BCUT2D eigenvalue weighted by atomic mass is 15.3. The largest absolute Gasteiger partial charge is 0.383 e. The van der Waals surface area contributed by atoms with Crippen LogP contribution in [0.25, 0.3) is 11.0 Å². The molecule has 0 spiro atoms. The van der Waals surface area contributed by atoms with Crippen LogP contribution in [0.3, 0.4) is 0 Å². The third-order valence-electron chi connectivity index (χ3n) is 3.09. The molecule has 2 heterocycles. The van der Waals surface area contributed by atoms with Crippen molar-refractivity contribution in [1.29, 1.82) is 0 Å². The Morgan fingerprint density at radius 2 is 2.05 bits per heavy atom. The maximum atomic E-state index is 5.94. The summed E-state index contributed by atoms with van der Waals surface area (Å²) in [6.45, 7) is 6.15. The maximum absolute atomic E-state index is 5.94. The van der Waals surface area contributed by atoms with Gasteiger partial charge in [-0.25, -0.2) is 0 Å². The normalized spacial score (nSPS) is 12.3. The van der Waals surface area contributed by atoms with E-state index in [0.29, 0.717) is 11.8 Å². The number of nitrogens with two attached hydrogens (primary N) is 1. The fourth-order valence-corrected chi connectivity index (χ4v) is 2.35. The van der Waals surface area contributed by atoms with Crippen molar-refractivity contribution in [3.63, 3.8) is 0 Å². The van der Waals surface area contributed by atoms with E-state index in [9.17, 15) is 0 Å². The number of hydrogen-bond acceptors (Lipinski definition) is 6. The quantitative estimate of drug-likeness (QED) is 0.846. The molecule has 0 radical (unpaired) electrons. The predicted octanol–water partition coefficient (Wildman–Crippen LogP) is 0.945. The molecule has 0 fully saturated rings. The summed E-state index contributed by atoms with van der Waals surface area (Å²) in [4.78, 5) is 10.9. The van der Waals surface area contributed by atoms with E-state index in [2.05, 4.69) is 53.2 Å². The molecule has 0 atom stereocenters. The third-order valence-corrected chi connectivity index (χ3v) is 3.09. The Kier molecular flexibility index (Phi) is 3.80. The highest BCUT2D eigenvalue weighted by Crippen LogP contribution is 2.20. The minimum Gasteiger partial charge on any atom is -0.383 e. The summed E-state index contributed by atoms with van der Waals surface area (Å²) in [6.07, 6.45) is 1.68. The number of hydrogen-bond donors (Lipinski definition) is 2. The van der Waals surface area contributed by atoms with E-state index in [-0.39, 0.29) is 5.41 Å². The molecule has 7 heteroatoms. The van der Waals surface area contributed by atoms with Crippen molar-refractivity contribution < 1.29 is 0 Å². The molecule has 0 unspecified atom stereocenters. The summed E-state index contributed by atoms with van der Waals surface area (Å²) < 4.78 is 1.70. The fourth-order valence-electron chi connectivity index (χ4n) is 2.35. The topological polar surface area (TPSA) is 84.9 Å². The Bertz CT molecular complexity index is 600. The zero-order chi connectivity index (χ0) is 14.9. The van der Waals surface area contributed by atoms with Gasteiger partial charge in [0.25, 0.3) is 0 Å². The average molecular weight is 277 g/mol. The van der Waals surface area contributed by atoms with Crippen LogP contribution in [0.5, 0.6) is 0 Å². The van der Waals surface area contributed by atoms with Gasteiger partial charge in [0.1, 0.15) is 5.82 Å². The standard InChI is InChI=1S/C13H23N7/c1-13(2,8-19(3)4)7-15-12-17-10(14)9-6-16-20(5)11(9)18-12/h6H,7-8H2,1-5H3,(H3,14,15,17,18). The molecular weight excluding hydrogens is 254 g/mol. The number of nitrogens with one attached hydrogen (secondary N) is 1. The fraction of sp³-hybridized carbons (Fsp3) is 0.615. The number of anilines is 2. The highest BCUT2D eigenvalue weighted by molar-refractivity contribution is 5.86. The zero-order valence-electron chi connectivity index (χ0n) is 12.8. The van der Waals surface area contributed by atoms with Crippen LogP contribution < -0.4 is 11.1 Å². The monoisotopic (exact) mass is 277 g/mol. The number of nitrogens with zero attached hydrogens (tertiary/aromatic N) is 5. The van der Waals surface area contributed by atoms with Crippen molar-refractivity contribution in [2.24, 2.45) is 12.5 Å². The minimum atomic E-state index is 0.114. The first-order valence-corrected chi connectivity index (χ1v) is 6.62. The van der Waals surface area contributed by atoms with Gasteiger partial charge in [0.2, 0.25) is 5.95 Å². The van der Waals surface area contributed by atoms with Gasteiger partial charge in [-0.15, -0.1) is 0 Å². The molecule has 0 aromatic carbocycles. The summed E-state index contributed by atoms with van der Waals surface area (Å²) in [5, 5.41) is 8.20. The van der Waals surface area contributed by atoms with E-state index in [4.69, 9.17) is 5.73 Å². The Hall–Kier alpha value is -1.89. The zero-order valence-corrected chi connectivity index (χ0v) is 12.8. The number of aryl methyl sites for hydroxylation is 1. The van der Waals surface area contributed by atoms with Gasteiger partial charge in [-0.1, -0.05) is 13.8 Å². The minimum absolute atomic E-state index is 0.114. The lowest BCUT2D eigenvalue weighted by Crippen LogP contribution is -2.34. The van der Waals surface area contributed by atoms with Gasteiger partial charge in [0.15, 0.2) is 5.65 Å². The van der Waals surface area contributed by atoms with Crippen LogP contribution in [0.1, 0.15) is 13.8 Å². The summed E-state index contributed by atoms with van der Waals surface area (Å²) in [5.74, 6) is 1.00. The van der Waals surface area contributed by atoms with Crippen molar-refractivity contribution in [3.05, 3.63) is 6.20 Å². The average Bonchev–Trinajstić information content (AvgIpc) is 2.68. The van der Waals surface area contributed by atoms with E-state index >= 15 is 0 Å². The molecule has 0 aliphatic carbocycles. The Labute approximate surface area is 119 Å². The first-order chi connectivity index (χ1) is 9.28. The maximum Gasteiger partial charge on any atom is 0.226 e. The first-order valence-electron chi connectivity index (χ1n) is 6.62. The van der Waals surface area contributed by atoms with Crippen LogP contribution in [-0.4, -0.2) is 51.8 Å². The molecule has 2 aromatic heterocycles. The van der Waals surface area contributed by atoms with Crippen molar-refractivity contribution in [2.45, 2.75) is 13.8 Å². The molecule has 7 nitrogen and oxygen atoms in total. The van der Waals surface area contributed by atoms with Gasteiger partial charge in [0.05, 0.1) is 11.6 Å². The predicted molar refractivity (Wildman–Crippen MR) is 81.5 cm³/mol.